The molecule has 4 aromatic rings. The van der Waals surface area contributed by atoms with Gasteiger partial charge in [-0.15, -0.1) is 0 Å². The van der Waals surface area contributed by atoms with Crippen LogP contribution in [0.4, 0.5) is 0 Å². The number of methoxy groups -OCH3 is 1. The molecule has 37 heavy (non-hydrogen) atoms. The topological polar surface area (TPSA) is 15.7 Å². The van der Waals surface area contributed by atoms with Crippen LogP contribution in [0.15, 0.2) is 109 Å². The normalized spacial score (nSPS) is 20.2. The molecule has 0 spiro atoms. The van der Waals surface area contributed by atoms with Crippen molar-refractivity contribution >= 4 is 0 Å². The minimum Gasteiger partial charge on any atom is -0.496 e. The average molecular weight is 489 g/mol. The molecule has 2 heterocycles. The Kier molecular flexibility index (Phi) is 7.07. The Balaban J connectivity index is 1.33. The molecular formula is C34H36N2O. The number of piperazine rings is 1. The van der Waals surface area contributed by atoms with Crippen LogP contribution in [0, 0.1) is 0 Å². The number of rotatable bonds is 7. The third-order valence-corrected chi connectivity index (χ3v) is 8.25. The standard InChI is InChI=1S/C34H36N2O/c1-37-33-20-19-29(26-12-5-2-6-13-26)22-30(33)23-35-24-31-18-11-21-36(31)32(25-35)34(27-14-7-3-8-15-27)28-16-9-4-10-17-28/h2-10,12-17,19-20,22,31-32,34H,11,18,21,23-25H2,1H3/t31-,32-/m0/s1. The third-order valence-electron chi connectivity index (χ3n) is 8.25. The summed E-state index contributed by atoms with van der Waals surface area (Å²) in [7, 11) is 1.79. The molecule has 2 aliphatic heterocycles. The zero-order chi connectivity index (χ0) is 25.0. The van der Waals surface area contributed by atoms with Crippen molar-refractivity contribution < 1.29 is 4.74 Å². The quantitative estimate of drug-likeness (QED) is 0.283. The Morgan fingerprint density at radius 2 is 1.41 bits per heavy atom. The number of hydrogen-bond acceptors (Lipinski definition) is 3. The van der Waals surface area contributed by atoms with Gasteiger partial charge in [-0.3, -0.25) is 9.80 Å². The zero-order valence-electron chi connectivity index (χ0n) is 21.7. The summed E-state index contributed by atoms with van der Waals surface area (Å²) < 4.78 is 5.84. The maximum Gasteiger partial charge on any atom is 0.123 e. The van der Waals surface area contributed by atoms with Crippen LogP contribution in [0.3, 0.4) is 0 Å². The molecule has 0 aliphatic carbocycles. The van der Waals surface area contributed by atoms with Crippen LogP contribution in [-0.2, 0) is 6.54 Å². The van der Waals surface area contributed by atoms with E-state index in [1.807, 2.05) is 0 Å². The molecule has 0 unspecified atom stereocenters. The van der Waals surface area contributed by atoms with Gasteiger partial charge in [0.15, 0.2) is 0 Å². The monoisotopic (exact) mass is 488 g/mol. The van der Waals surface area contributed by atoms with Gasteiger partial charge in [0.1, 0.15) is 5.75 Å². The molecule has 3 heteroatoms. The summed E-state index contributed by atoms with van der Waals surface area (Å²) in [6.07, 6.45) is 2.57. The van der Waals surface area contributed by atoms with Gasteiger partial charge >= 0.3 is 0 Å². The zero-order valence-corrected chi connectivity index (χ0v) is 21.7. The summed E-state index contributed by atoms with van der Waals surface area (Å²) in [5.74, 6) is 1.33. The van der Waals surface area contributed by atoms with Gasteiger partial charge in [0.25, 0.3) is 0 Å². The lowest BCUT2D eigenvalue weighted by Crippen LogP contribution is -2.57. The highest BCUT2D eigenvalue weighted by Crippen LogP contribution is 2.38. The molecule has 2 fully saturated rings. The van der Waals surface area contributed by atoms with Crippen molar-refractivity contribution in [3.05, 3.63) is 126 Å². The minimum absolute atomic E-state index is 0.350. The van der Waals surface area contributed by atoms with Gasteiger partial charge < -0.3 is 4.74 Å². The molecule has 0 N–H and O–H groups in total. The van der Waals surface area contributed by atoms with E-state index in [1.165, 1.54) is 47.2 Å². The Morgan fingerprint density at radius 3 is 2.05 bits per heavy atom. The molecule has 2 atom stereocenters. The maximum atomic E-state index is 5.84. The first-order valence-electron chi connectivity index (χ1n) is 13.6. The summed E-state index contributed by atoms with van der Waals surface area (Å²) in [6.45, 7) is 4.27. The van der Waals surface area contributed by atoms with E-state index in [2.05, 4.69) is 119 Å². The Bertz CT molecular complexity index is 1250. The van der Waals surface area contributed by atoms with Crippen LogP contribution in [0.25, 0.3) is 11.1 Å². The molecule has 6 rings (SSSR count). The lowest BCUT2D eigenvalue weighted by molar-refractivity contribution is 0.0380. The van der Waals surface area contributed by atoms with E-state index in [4.69, 9.17) is 4.74 Å². The number of hydrogen-bond donors (Lipinski definition) is 0. The van der Waals surface area contributed by atoms with Crippen molar-refractivity contribution in [2.45, 2.75) is 37.4 Å². The van der Waals surface area contributed by atoms with E-state index >= 15 is 0 Å². The molecule has 4 aromatic carbocycles. The van der Waals surface area contributed by atoms with Crippen molar-refractivity contribution in [2.24, 2.45) is 0 Å². The first kappa shape index (κ1) is 24.0. The summed E-state index contributed by atoms with van der Waals surface area (Å²) in [5.41, 5.74) is 6.59. The molecule has 188 valence electrons. The van der Waals surface area contributed by atoms with E-state index in [1.54, 1.807) is 7.11 Å². The van der Waals surface area contributed by atoms with Gasteiger partial charge in [-0.05, 0) is 53.8 Å². The first-order chi connectivity index (χ1) is 18.3. The summed E-state index contributed by atoms with van der Waals surface area (Å²) in [4.78, 5) is 5.50. The highest BCUT2D eigenvalue weighted by Gasteiger charge is 2.41. The summed E-state index contributed by atoms with van der Waals surface area (Å²) >= 11 is 0. The SMILES string of the molecule is COc1ccc(-c2ccccc2)cc1CN1C[C@@H]2CCCN2[C@H](C(c2ccccc2)c2ccccc2)C1. The van der Waals surface area contributed by atoms with Crippen LogP contribution in [-0.4, -0.2) is 48.6 Å². The number of ether oxygens (including phenoxy) is 1. The maximum absolute atomic E-state index is 5.84. The molecule has 2 aliphatic rings. The second-order valence-corrected chi connectivity index (χ2v) is 10.5. The molecule has 2 saturated heterocycles. The fraction of sp³-hybridized carbons (Fsp3) is 0.294. The second-order valence-electron chi connectivity index (χ2n) is 10.5. The molecular weight excluding hydrogens is 452 g/mol. The van der Waals surface area contributed by atoms with Crippen LogP contribution in [0.1, 0.15) is 35.4 Å². The van der Waals surface area contributed by atoms with E-state index < -0.39 is 0 Å². The van der Waals surface area contributed by atoms with Crippen LogP contribution >= 0.6 is 0 Å². The van der Waals surface area contributed by atoms with Gasteiger partial charge in [0, 0.05) is 43.2 Å². The lowest BCUT2D eigenvalue weighted by atomic mass is 9.82. The Labute approximate surface area is 221 Å². The third kappa shape index (κ3) is 5.07. The highest BCUT2D eigenvalue weighted by atomic mass is 16.5. The van der Waals surface area contributed by atoms with Gasteiger partial charge in [0.05, 0.1) is 7.11 Å². The molecule has 0 saturated carbocycles. The molecule has 3 nitrogen and oxygen atoms in total. The lowest BCUT2D eigenvalue weighted by Gasteiger charge is -2.47. The van der Waals surface area contributed by atoms with Crippen LogP contribution < -0.4 is 4.74 Å². The van der Waals surface area contributed by atoms with E-state index in [-0.39, 0.29) is 0 Å². The molecule has 0 radical (unpaired) electrons. The molecule has 0 aromatic heterocycles. The first-order valence-corrected chi connectivity index (χ1v) is 13.6. The number of nitrogens with zero attached hydrogens (tertiary/aromatic N) is 2. The summed E-state index contributed by atoms with van der Waals surface area (Å²) in [5, 5.41) is 0. The van der Waals surface area contributed by atoms with Crippen molar-refractivity contribution in [1.82, 2.24) is 9.80 Å². The fourth-order valence-corrected chi connectivity index (χ4v) is 6.57. The van der Waals surface area contributed by atoms with E-state index in [0.29, 0.717) is 18.0 Å². The van der Waals surface area contributed by atoms with Crippen molar-refractivity contribution in [3.63, 3.8) is 0 Å². The van der Waals surface area contributed by atoms with E-state index in [9.17, 15) is 0 Å². The molecule has 0 bridgehead atoms. The number of fused-ring (bicyclic) bond motifs is 1. The predicted octanol–water partition coefficient (Wildman–Crippen LogP) is 6.84. The minimum atomic E-state index is 0.350. The van der Waals surface area contributed by atoms with Crippen LogP contribution in [0.5, 0.6) is 5.75 Å². The number of benzene rings is 4. The van der Waals surface area contributed by atoms with Gasteiger partial charge in [-0.2, -0.15) is 0 Å². The van der Waals surface area contributed by atoms with Gasteiger partial charge in [-0.1, -0.05) is 97.1 Å². The second kappa shape index (κ2) is 10.9. The van der Waals surface area contributed by atoms with E-state index in [0.717, 1.165) is 25.4 Å². The van der Waals surface area contributed by atoms with Crippen LogP contribution in [0.2, 0.25) is 0 Å². The fourth-order valence-electron chi connectivity index (χ4n) is 6.57. The van der Waals surface area contributed by atoms with Crippen molar-refractivity contribution in [2.75, 3.05) is 26.7 Å². The Morgan fingerprint density at radius 1 is 0.757 bits per heavy atom. The van der Waals surface area contributed by atoms with Crippen molar-refractivity contribution in [3.8, 4) is 16.9 Å². The van der Waals surface area contributed by atoms with Gasteiger partial charge in [-0.25, -0.2) is 0 Å². The summed E-state index contributed by atoms with van der Waals surface area (Å²) in [6, 6.07) is 40.6. The average Bonchev–Trinajstić information content (AvgIpc) is 3.44. The predicted molar refractivity (Wildman–Crippen MR) is 152 cm³/mol. The Hall–Kier alpha value is -3.40. The highest BCUT2D eigenvalue weighted by molar-refractivity contribution is 5.65. The van der Waals surface area contributed by atoms with Gasteiger partial charge in [0.2, 0.25) is 0 Å². The van der Waals surface area contributed by atoms with Crippen molar-refractivity contribution in [1.29, 1.82) is 0 Å². The smallest absolute Gasteiger partial charge is 0.123 e. The molecule has 0 amide bonds. The largest absolute Gasteiger partial charge is 0.496 e.